The normalized spacial score (nSPS) is 22.6. The van der Waals surface area contributed by atoms with Crippen molar-refractivity contribution in [3.63, 3.8) is 0 Å². The van der Waals surface area contributed by atoms with E-state index in [0.717, 1.165) is 6.42 Å². The Kier molecular flexibility index (Phi) is 6.48. The van der Waals surface area contributed by atoms with E-state index in [1.807, 2.05) is 0 Å². The Bertz CT molecular complexity index is 388. The van der Waals surface area contributed by atoms with Gasteiger partial charge in [-0.05, 0) is 30.9 Å². The van der Waals surface area contributed by atoms with Gasteiger partial charge >= 0.3 is 7.95 Å². The van der Waals surface area contributed by atoms with Crippen molar-refractivity contribution in [3.8, 4) is 0 Å². The van der Waals surface area contributed by atoms with E-state index in [0.29, 0.717) is 32.5 Å². The van der Waals surface area contributed by atoms with Crippen LogP contribution in [0.2, 0.25) is 0 Å². The Labute approximate surface area is 119 Å². The van der Waals surface area contributed by atoms with Crippen LogP contribution in [0.5, 0.6) is 0 Å². The Morgan fingerprint density at radius 3 is 2.90 bits per heavy atom. The highest BCUT2D eigenvalue weighted by molar-refractivity contribution is 7.44. The molecule has 1 aliphatic rings. The van der Waals surface area contributed by atoms with Crippen molar-refractivity contribution in [1.29, 1.82) is 0 Å². The molecule has 20 heavy (non-hydrogen) atoms. The third kappa shape index (κ3) is 4.79. The molecule has 0 bridgehead atoms. The van der Waals surface area contributed by atoms with Gasteiger partial charge in [-0.2, -0.15) is 0 Å². The summed E-state index contributed by atoms with van der Waals surface area (Å²) < 4.78 is 12.2. The van der Waals surface area contributed by atoms with Gasteiger partial charge in [0.25, 0.3) is 17.5 Å². The van der Waals surface area contributed by atoms with Gasteiger partial charge in [0.15, 0.2) is 5.66 Å². The third-order valence-electron chi connectivity index (χ3n) is 3.02. The molecule has 1 heterocycles. The second-order valence-electron chi connectivity index (χ2n) is 4.99. The lowest BCUT2D eigenvalue weighted by Gasteiger charge is -2.21. The molecule has 1 fully saturated rings. The Morgan fingerprint density at radius 1 is 1.60 bits per heavy atom. The molecule has 2 amide bonds. The summed E-state index contributed by atoms with van der Waals surface area (Å²) in [5.74, 6) is -0.727. The van der Waals surface area contributed by atoms with E-state index >= 15 is 0 Å². The number of carbonyl (C=O) groups excluding carboxylic acids is 2. The van der Waals surface area contributed by atoms with Crippen LogP contribution in [-0.4, -0.2) is 42.8 Å². The highest BCUT2D eigenvalue weighted by atomic mass is 31.1. The fraction of sp³-hybridized carbons (Fsp3) is 0.818. The number of piperidine rings is 1. The molecule has 0 aromatic rings. The molecule has 7 N–H and O–H groups in total. The molecule has 114 valence electrons. The van der Waals surface area contributed by atoms with Crippen LogP contribution in [0.4, 0.5) is 0 Å². The monoisotopic (exact) mass is 304 g/mol. The third-order valence-corrected chi connectivity index (χ3v) is 4.76. The summed E-state index contributed by atoms with van der Waals surface area (Å²) in [5, 5.41) is 7.83. The summed E-state index contributed by atoms with van der Waals surface area (Å²) in [7, 11) is -2.10. The highest BCUT2D eigenvalue weighted by Gasteiger charge is 2.45. The Hall–Kier alpha value is -1.08. The van der Waals surface area contributed by atoms with Gasteiger partial charge in [-0.25, -0.2) is 0 Å². The molecule has 8 nitrogen and oxygen atoms in total. The predicted molar refractivity (Wildman–Crippen MR) is 76.0 cm³/mol. The summed E-state index contributed by atoms with van der Waals surface area (Å²) in [6, 6.07) is 0. The number of nitrogens with one attached hydrogen (secondary N) is 3. The molecule has 0 aromatic carbocycles. The van der Waals surface area contributed by atoms with Crippen molar-refractivity contribution in [2.45, 2.75) is 37.5 Å². The second-order valence-corrected chi connectivity index (χ2v) is 6.49. The maximum atomic E-state index is 12.2. The maximum Gasteiger partial charge on any atom is 0.447 e. The molecule has 9 heteroatoms. The van der Waals surface area contributed by atoms with E-state index in [-0.39, 0.29) is 5.91 Å². The van der Waals surface area contributed by atoms with E-state index in [4.69, 9.17) is 11.5 Å². The van der Waals surface area contributed by atoms with E-state index in [1.54, 1.807) is 0 Å². The van der Waals surface area contributed by atoms with Crippen molar-refractivity contribution in [1.82, 2.24) is 15.7 Å². The average Bonchev–Trinajstić information content (AvgIpc) is 2.38. The zero-order chi connectivity index (χ0) is 15.2. The molecule has 1 saturated heterocycles. The largest absolute Gasteiger partial charge is 0.447 e. The molecule has 0 saturated carbocycles. The summed E-state index contributed by atoms with van der Waals surface area (Å²) >= 11 is 0. The first-order chi connectivity index (χ1) is 9.38. The van der Waals surface area contributed by atoms with Gasteiger partial charge < -0.3 is 22.1 Å². The maximum absolute atomic E-state index is 12.2. The van der Waals surface area contributed by atoms with E-state index in [1.165, 1.54) is 6.92 Å². The number of hydrogen-bond acceptors (Lipinski definition) is 5. The van der Waals surface area contributed by atoms with Crippen LogP contribution in [0.25, 0.3) is 0 Å². The first-order valence-corrected chi connectivity index (χ1v) is 8.00. The summed E-state index contributed by atoms with van der Waals surface area (Å²) in [4.78, 5) is 23.5. The molecule has 1 aliphatic heterocycles. The van der Waals surface area contributed by atoms with Gasteiger partial charge in [0.1, 0.15) is 0 Å². The zero-order valence-electron chi connectivity index (χ0n) is 11.6. The van der Waals surface area contributed by atoms with Crippen molar-refractivity contribution < 1.29 is 14.2 Å². The second kappa shape index (κ2) is 7.64. The van der Waals surface area contributed by atoms with Gasteiger partial charge in [-0.3, -0.25) is 9.59 Å². The van der Waals surface area contributed by atoms with Crippen molar-refractivity contribution in [3.05, 3.63) is 0 Å². The summed E-state index contributed by atoms with van der Waals surface area (Å²) in [5.41, 5.74) is 9.03. The molecular formula is C11H23N5O3P+. The molecule has 3 atom stereocenters. The predicted octanol–water partition coefficient (Wildman–Crippen LogP) is -1.26. The molecule has 0 aromatic heterocycles. The number of amides is 2. The molecule has 0 radical (unpaired) electrons. The topological polar surface area (TPSA) is 139 Å². The number of carbonyl (C=O) groups is 2. The quantitative estimate of drug-likeness (QED) is 0.226. The van der Waals surface area contributed by atoms with Crippen molar-refractivity contribution >= 4 is 19.8 Å². The zero-order valence-corrected chi connectivity index (χ0v) is 12.5. The van der Waals surface area contributed by atoms with Crippen molar-refractivity contribution in [2.75, 3.05) is 19.6 Å². The van der Waals surface area contributed by atoms with Gasteiger partial charge in [0.2, 0.25) is 0 Å². The minimum absolute atomic E-state index is 0.260. The van der Waals surface area contributed by atoms with Crippen LogP contribution in [0.3, 0.4) is 0 Å². The van der Waals surface area contributed by atoms with Crippen LogP contribution < -0.4 is 27.2 Å². The van der Waals surface area contributed by atoms with Crippen LogP contribution >= 0.6 is 7.95 Å². The van der Waals surface area contributed by atoms with Gasteiger partial charge in [0, 0.05) is 19.5 Å². The highest BCUT2D eigenvalue weighted by Crippen LogP contribution is 2.30. The fourth-order valence-corrected chi connectivity index (χ4v) is 3.26. The van der Waals surface area contributed by atoms with Gasteiger partial charge in [-0.15, -0.1) is 0 Å². The van der Waals surface area contributed by atoms with Crippen LogP contribution in [0.1, 0.15) is 26.2 Å². The van der Waals surface area contributed by atoms with E-state index in [9.17, 15) is 14.2 Å². The minimum Gasteiger partial charge on any atom is -0.353 e. The number of nitrogens with two attached hydrogens (primary N) is 2. The fourth-order valence-electron chi connectivity index (χ4n) is 1.82. The standard InChI is InChI=1S/C11H22N5O3P/c1-11(13,10(18)15-7-3-5-12)16-20(19)8-4-2-6-14-9(8)17/h8H,2-7,12-13H2,1H3,(H2-,14,15,16,17,18,19)/p+1/t8-,11?/m0/s1. The van der Waals surface area contributed by atoms with Crippen LogP contribution in [0, 0.1) is 0 Å². The molecule has 0 aliphatic carbocycles. The number of hydrogen-bond donors (Lipinski definition) is 5. The first kappa shape index (κ1) is 17.0. The average molecular weight is 304 g/mol. The van der Waals surface area contributed by atoms with E-state index < -0.39 is 25.2 Å². The van der Waals surface area contributed by atoms with Crippen LogP contribution in [0.15, 0.2) is 0 Å². The lowest BCUT2D eigenvalue weighted by atomic mass is 10.1. The Morgan fingerprint density at radius 2 is 2.30 bits per heavy atom. The lowest BCUT2D eigenvalue weighted by Crippen LogP contribution is -2.60. The smallest absolute Gasteiger partial charge is 0.353 e. The molecular weight excluding hydrogens is 281 g/mol. The number of rotatable bonds is 7. The van der Waals surface area contributed by atoms with Crippen molar-refractivity contribution in [2.24, 2.45) is 11.5 Å². The van der Waals surface area contributed by atoms with Gasteiger partial charge in [0.05, 0.1) is 0 Å². The SMILES string of the molecule is CC(N)(N[P+](=O)[C@H]1CCCNC1=O)C(=O)NCCCN. The molecule has 0 spiro atoms. The van der Waals surface area contributed by atoms with E-state index in [2.05, 4.69) is 15.7 Å². The molecule has 1 rings (SSSR count). The van der Waals surface area contributed by atoms with Gasteiger partial charge in [-0.1, -0.05) is 5.09 Å². The summed E-state index contributed by atoms with van der Waals surface area (Å²) in [6.45, 7) is 2.90. The first-order valence-electron chi connectivity index (χ1n) is 6.67. The molecule has 2 unspecified atom stereocenters. The summed E-state index contributed by atoms with van der Waals surface area (Å²) in [6.07, 6.45) is 1.93. The minimum atomic E-state index is -2.10. The lowest BCUT2D eigenvalue weighted by molar-refractivity contribution is -0.126. The Balaban J connectivity index is 2.53. The van der Waals surface area contributed by atoms with Crippen LogP contribution in [-0.2, 0) is 14.2 Å².